The quantitative estimate of drug-likeness (QED) is 0.754. The molecule has 118 valence electrons. The van der Waals surface area contributed by atoms with Gasteiger partial charge in [0, 0.05) is 19.9 Å². The summed E-state index contributed by atoms with van der Waals surface area (Å²) < 4.78 is 0. The largest absolute Gasteiger partial charge is 0.396 e. The molecule has 1 aromatic carbocycles. The molecule has 2 aromatic heterocycles. The van der Waals surface area contributed by atoms with Crippen molar-refractivity contribution < 1.29 is 5.11 Å². The molecule has 6 heteroatoms. The molecule has 3 rings (SSSR count). The molecular formula is C17H18N4OS. The fourth-order valence-electron chi connectivity index (χ4n) is 2.47. The van der Waals surface area contributed by atoms with Gasteiger partial charge < -0.3 is 10.0 Å². The van der Waals surface area contributed by atoms with Gasteiger partial charge in [-0.1, -0.05) is 47.7 Å². The minimum absolute atomic E-state index is 0.0609. The second kappa shape index (κ2) is 7.30. The van der Waals surface area contributed by atoms with Gasteiger partial charge >= 0.3 is 0 Å². The minimum Gasteiger partial charge on any atom is -0.396 e. The highest BCUT2D eigenvalue weighted by atomic mass is 32.1. The summed E-state index contributed by atoms with van der Waals surface area (Å²) >= 11 is 1.50. The molecule has 0 spiro atoms. The minimum atomic E-state index is 0.0609. The summed E-state index contributed by atoms with van der Waals surface area (Å²) in [6, 6.07) is 15.9. The SMILES string of the molecule is CN(c1nnc(-c2ccccn2)s1)[C@@H](CCO)c1ccccc1. The molecule has 0 amide bonds. The van der Waals surface area contributed by atoms with Gasteiger partial charge in [-0.05, 0) is 24.1 Å². The number of benzene rings is 1. The lowest BCUT2D eigenvalue weighted by Crippen LogP contribution is -2.25. The van der Waals surface area contributed by atoms with Gasteiger partial charge in [-0.25, -0.2) is 0 Å². The number of hydrogen-bond acceptors (Lipinski definition) is 6. The van der Waals surface area contributed by atoms with Crippen LogP contribution in [0, 0.1) is 0 Å². The lowest BCUT2D eigenvalue weighted by molar-refractivity contribution is 0.275. The Labute approximate surface area is 139 Å². The zero-order valence-electron chi connectivity index (χ0n) is 12.8. The van der Waals surface area contributed by atoms with Crippen LogP contribution in [0.25, 0.3) is 10.7 Å². The van der Waals surface area contributed by atoms with Crippen molar-refractivity contribution in [2.24, 2.45) is 0 Å². The Balaban J connectivity index is 1.86. The lowest BCUT2D eigenvalue weighted by atomic mass is 10.0. The summed E-state index contributed by atoms with van der Waals surface area (Å²) in [5.41, 5.74) is 1.97. The third-order valence-corrected chi connectivity index (χ3v) is 4.69. The van der Waals surface area contributed by atoms with Crippen LogP contribution in [-0.4, -0.2) is 33.9 Å². The smallest absolute Gasteiger partial charge is 0.208 e. The second-order valence-corrected chi connectivity index (χ2v) is 6.11. The Morgan fingerprint density at radius 1 is 1.09 bits per heavy atom. The number of anilines is 1. The summed E-state index contributed by atoms with van der Waals surface area (Å²) in [6.07, 6.45) is 2.39. The van der Waals surface area contributed by atoms with Crippen LogP contribution in [0.4, 0.5) is 5.13 Å². The first kappa shape index (κ1) is 15.6. The van der Waals surface area contributed by atoms with Gasteiger partial charge in [0.2, 0.25) is 5.13 Å². The second-order valence-electron chi connectivity index (χ2n) is 5.15. The third kappa shape index (κ3) is 3.55. The number of aliphatic hydroxyl groups is 1. The van der Waals surface area contributed by atoms with Crippen molar-refractivity contribution in [1.82, 2.24) is 15.2 Å². The first-order valence-corrected chi connectivity index (χ1v) is 8.25. The molecule has 1 N–H and O–H groups in total. The summed E-state index contributed by atoms with van der Waals surface area (Å²) in [7, 11) is 1.98. The maximum Gasteiger partial charge on any atom is 0.208 e. The van der Waals surface area contributed by atoms with Gasteiger partial charge in [0.05, 0.1) is 6.04 Å². The van der Waals surface area contributed by atoms with Gasteiger partial charge in [0.15, 0.2) is 5.01 Å². The third-order valence-electron chi connectivity index (χ3n) is 3.65. The van der Waals surface area contributed by atoms with Crippen LogP contribution in [-0.2, 0) is 0 Å². The summed E-state index contributed by atoms with van der Waals surface area (Å²) in [5.74, 6) is 0. The zero-order chi connectivity index (χ0) is 16.1. The molecule has 0 aliphatic heterocycles. The lowest BCUT2D eigenvalue weighted by Gasteiger charge is -2.27. The highest BCUT2D eigenvalue weighted by molar-refractivity contribution is 7.18. The normalized spacial score (nSPS) is 12.1. The monoisotopic (exact) mass is 326 g/mol. The first-order valence-electron chi connectivity index (χ1n) is 7.43. The van der Waals surface area contributed by atoms with Gasteiger partial charge in [0.1, 0.15) is 5.69 Å². The van der Waals surface area contributed by atoms with Crippen LogP contribution >= 0.6 is 11.3 Å². The van der Waals surface area contributed by atoms with Crippen molar-refractivity contribution in [2.75, 3.05) is 18.6 Å². The summed E-state index contributed by atoms with van der Waals surface area (Å²) in [4.78, 5) is 6.38. The van der Waals surface area contributed by atoms with Crippen LogP contribution in [0.2, 0.25) is 0 Å². The number of pyridine rings is 1. The molecular weight excluding hydrogens is 308 g/mol. The van der Waals surface area contributed by atoms with Crippen LogP contribution in [0.5, 0.6) is 0 Å². The van der Waals surface area contributed by atoms with E-state index in [9.17, 15) is 5.11 Å². The molecule has 0 saturated carbocycles. The van der Waals surface area contributed by atoms with Crippen molar-refractivity contribution in [2.45, 2.75) is 12.5 Å². The first-order chi connectivity index (χ1) is 11.3. The molecule has 23 heavy (non-hydrogen) atoms. The number of nitrogens with zero attached hydrogens (tertiary/aromatic N) is 4. The predicted molar refractivity (Wildman–Crippen MR) is 92.4 cm³/mol. The highest BCUT2D eigenvalue weighted by Crippen LogP contribution is 2.32. The molecule has 0 radical (unpaired) electrons. The zero-order valence-corrected chi connectivity index (χ0v) is 13.6. The molecule has 0 aliphatic carbocycles. The van der Waals surface area contributed by atoms with E-state index in [1.807, 2.05) is 43.4 Å². The average molecular weight is 326 g/mol. The van der Waals surface area contributed by atoms with E-state index < -0.39 is 0 Å². The maximum absolute atomic E-state index is 9.41. The van der Waals surface area contributed by atoms with Gasteiger partial charge in [-0.3, -0.25) is 4.98 Å². The van der Waals surface area contributed by atoms with E-state index in [0.29, 0.717) is 6.42 Å². The van der Waals surface area contributed by atoms with Crippen molar-refractivity contribution in [3.8, 4) is 10.7 Å². The Hall–Kier alpha value is -2.31. The summed E-state index contributed by atoms with van der Waals surface area (Å²) in [5, 5.41) is 19.6. The molecule has 5 nitrogen and oxygen atoms in total. The Morgan fingerprint density at radius 2 is 1.87 bits per heavy atom. The van der Waals surface area contributed by atoms with E-state index in [4.69, 9.17) is 0 Å². The van der Waals surface area contributed by atoms with Crippen LogP contribution in [0.1, 0.15) is 18.0 Å². The van der Waals surface area contributed by atoms with Gasteiger partial charge in [-0.15, -0.1) is 10.2 Å². The molecule has 2 heterocycles. The van der Waals surface area contributed by atoms with Gasteiger partial charge in [-0.2, -0.15) is 0 Å². The van der Waals surface area contributed by atoms with E-state index in [1.54, 1.807) is 6.20 Å². The van der Waals surface area contributed by atoms with Crippen molar-refractivity contribution in [3.63, 3.8) is 0 Å². The Bertz CT molecular complexity index is 733. The number of rotatable bonds is 6. The molecule has 3 aromatic rings. The molecule has 1 atom stereocenters. The number of aromatic nitrogens is 3. The highest BCUT2D eigenvalue weighted by Gasteiger charge is 2.20. The number of aliphatic hydroxyl groups excluding tert-OH is 1. The molecule has 0 fully saturated rings. The van der Waals surface area contributed by atoms with E-state index in [0.717, 1.165) is 21.4 Å². The van der Waals surface area contributed by atoms with Crippen molar-refractivity contribution >= 4 is 16.5 Å². The topological polar surface area (TPSA) is 62.1 Å². The predicted octanol–water partition coefficient (Wildman–Crippen LogP) is 3.16. The fourth-order valence-corrected chi connectivity index (χ4v) is 3.30. The molecule has 0 bridgehead atoms. The van der Waals surface area contributed by atoms with Gasteiger partial charge in [0.25, 0.3) is 0 Å². The Morgan fingerprint density at radius 3 is 2.57 bits per heavy atom. The fraction of sp³-hybridized carbons (Fsp3) is 0.235. The average Bonchev–Trinajstić information content (AvgIpc) is 3.11. The Kier molecular flexibility index (Phi) is 4.95. The molecule has 0 saturated heterocycles. The van der Waals surface area contributed by atoms with E-state index in [1.165, 1.54) is 11.3 Å². The van der Waals surface area contributed by atoms with E-state index in [-0.39, 0.29) is 12.6 Å². The molecule has 0 aliphatic rings. The van der Waals surface area contributed by atoms with Crippen LogP contribution in [0.3, 0.4) is 0 Å². The van der Waals surface area contributed by atoms with Crippen molar-refractivity contribution in [3.05, 3.63) is 60.3 Å². The summed E-state index contributed by atoms with van der Waals surface area (Å²) in [6.45, 7) is 0.121. The number of hydrogen-bond donors (Lipinski definition) is 1. The van der Waals surface area contributed by atoms with Crippen molar-refractivity contribution in [1.29, 1.82) is 0 Å². The standard InChI is InChI=1S/C17H18N4OS/c1-21(15(10-12-22)13-7-3-2-4-8-13)17-20-19-16(23-17)14-9-5-6-11-18-14/h2-9,11,15,22H,10,12H2,1H3/t15-/m0/s1. The van der Waals surface area contributed by atoms with E-state index in [2.05, 4.69) is 32.2 Å². The maximum atomic E-state index is 9.41. The van der Waals surface area contributed by atoms with Crippen LogP contribution in [0.15, 0.2) is 54.7 Å². The van der Waals surface area contributed by atoms with E-state index >= 15 is 0 Å². The van der Waals surface area contributed by atoms with Crippen LogP contribution < -0.4 is 4.90 Å². The molecule has 0 unspecified atom stereocenters.